The molecule has 6 N–H and O–H groups in total. The summed E-state index contributed by atoms with van der Waals surface area (Å²) < 4.78 is 18.6. The summed E-state index contributed by atoms with van der Waals surface area (Å²) in [7, 11) is 0. The van der Waals surface area contributed by atoms with Crippen molar-refractivity contribution in [3.05, 3.63) is 0 Å². The van der Waals surface area contributed by atoms with Crippen molar-refractivity contribution in [2.75, 3.05) is 12.4 Å². The molecule has 0 saturated heterocycles. The molecular formula is C4H13NaO8S2. The second kappa shape index (κ2) is 17.2. The predicted molar refractivity (Wildman–Crippen MR) is 56.3 cm³/mol. The van der Waals surface area contributed by atoms with Gasteiger partial charge in [0.15, 0.2) is 0 Å². The number of rotatable bonds is 7. The van der Waals surface area contributed by atoms with Gasteiger partial charge in [-0.25, -0.2) is 0 Å². The second-order valence-electron chi connectivity index (χ2n) is 1.59. The monoisotopic (exact) mass is 276 g/mol. The fourth-order valence-electron chi connectivity index (χ4n) is 0.246. The third kappa shape index (κ3) is 17.4. The molecule has 8 nitrogen and oxygen atoms in total. The molecule has 0 amide bonds. The third-order valence-corrected chi connectivity index (χ3v) is 2.28. The molecule has 2 atom stereocenters. The number of carbonyl (C=O) groups excluding carboxylic acids is 1. The Morgan fingerprint density at radius 1 is 1.47 bits per heavy atom. The number of hydrogen-bond donors (Lipinski definition) is 2. The topological polar surface area (TPSA) is 156 Å². The second-order valence-corrected chi connectivity index (χ2v) is 3.30. The quantitative estimate of drug-likeness (QED) is 0.277. The Morgan fingerprint density at radius 3 is 2.40 bits per heavy atom. The molecule has 90 valence electrons. The van der Waals surface area contributed by atoms with Gasteiger partial charge in [0.2, 0.25) is 0 Å². The van der Waals surface area contributed by atoms with Gasteiger partial charge in [0, 0.05) is 17.8 Å². The first-order valence-electron chi connectivity index (χ1n) is 2.82. The normalized spacial score (nSPS) is 12.1. The van der Waals surface area contributed by atoms with Crippen molar-refractivity contribution in [2.45, 2.75) is 6.10 Å². The van der Waals surface area contributed by atoms with Crippen molar-refractivity contribution in [3.8, 4) is 0 Å². The number of aliphatic hydroxyl groups is 2. The van der Waals surface area contributed by atoms with Crippen molar-refractivity contribution < 1.29 is 38.0 Å². The van der Waals surface area contributed by atoms with Gasteiger partial charge in [-0.1, -0.05) is 0 Å². The van der Waals surface area contributed by atoms with E-state index in [4.69, 9.17) is 10.2 Å². The molecule has 0 fully saturated rings. The first kappa shape index (κ1) is 24.8. The SMILES string of the molecule is O.O.O=COS(=O)OSCC(O)CO.[NaH]. The van der Waals surface area contributed by atoms with E-state index < -0.39 is 24.1 Å². The van der Waals surface area contributed by atoms with Crippen LogP contribution in [-0.2, 0) is 24.0 Å². The Balaban J connectivity index is -0.000000202. The Bertz CT molecular complexity index is 158. The van der Waals surface area contributed by atoms with Gasteiger partial charge in [0.25, 0.3) is 0 Å². The van der Waals surface area contributed by atoms with Crippen molar-refractivity contribution in [1.82, 2.24) is 0 Å². The summed E-state index contributed by atoms with van der Waals surface area (Å²) in [5, 5.41) is 17.1. The molecule has 0 aliphatic heterocycles. The summed E-state index contributed by atoms with van der Waals surface area (Å²) in [6, 6.07) is 0. The molecule has 0 aromatic rings. The molecule has 0 aromatic carbocycles. The van der Waals surface area contributed by atoms with Gasteiger partial charge in [0.05, 0.1) is 12.7 Å². The van der Waals surface area contributed by atoms with Crippen LogP contribution in [0.5, 0.6) is 0 Å². The van der Waals surface area contributed by atoms with Crippen LogP contribution in [0.2, 0.25) is 0 Å². The first-order chi connectivity index (χ1) is 5.70. The standard InChI is InChI=1S/C4H8O6S2.Na.2H2O.H/c5-1-4(7)2-11-10-12(8)9-3-6;;;;/h3-5,7H,1-2H2;;2*1H2;. The van der Waals surface area contributed by atoms with E-state index in [0.29, 0.717) is 12.0 Å². The van der Waals surface area contributed by atoms with Crippen LogP contribution >= 0.6 is 12.0 Å². The molecule has 0 heterocycles. The Morgan fingerprint density at radius 2 is 2.00 bits per heavy atom. The van der Waals surface area contributed by atoms with Gasteiger partial charge in [-0.3, -0.25) is 4.79 Å². The van der Waals surface area contributed by atoms with Gasteiger partial charge in [0.1, 0.15) is 0 Å². The Kier molecular flexibility index (Phi) is 28.4. The van der Waals surface area contributed by atoms with Gasteiger partial charge in [-0.2, -0.15) is 7.84 Å². The molecule has 0 saturated carbocycles. The van der Waals surface area contributed by atoms with E-state index >= 15 is 0 Å². The van der Waals surface area contributed by atoms with Crippen molar-refractivity contribution in [3.63, 3.8) is 0 Å². The van der Waals surface area contributed by atoms with Crippen molar-refractivity contribution >= 4 is 59.4 Å². The zero-order valence-electron chi connectivity index (χ0n) is 6.91. The third-order valence-electron chi connectivity index (χ3n) is 0.693. The molecular weight excluding hydrogens is 263 g/mol. The summed E-state index contributed by atoms with van der Waals surface area (Å²) in [6.45, 7) is -0.420. The van der Waals surface area contributed by atoms with Crippen LogP contribution in [0.25, 0.3) is 0 Å². The number of aliphatic hydroxyl groups excluding tert-OH is 2. The molecule has 11 heteroatoms. The van der Waals surface area contributed by atoms with Crippen LogP contribution < -0.4 is 0 Å². The zero-order chi connectivity index (χ0) is 9.40. The molecule has 2 unspecified atom stereocenters. The molecule has 0 rings (SSSR count). The summed E-state index contributed by atoms with van der Waals surface area (Å²) in [6.07, 6.45) is -0.941. The van der Waals surface area contributed by atoms with Crippen LogP contribution in [0.15, 0.2) is 0 Å². The summed E-state index contributed by atoms with van der Waals surface area (Å²) in [5.41, 5.74) is 0. The van der Waals surface area contributed by atoms with Crippen LogP contribution in [0.3, 0.4) is 0 Å². The maximum absolute atomic E-state index is 10.4. The van der Waals surface area contributed by atoms with Crippen molar-refractivity contribution in [2.24, 2.45) is 0 Å². The van der Waals surface area contributed by atoms with E-state index in [1.807, 2.05) is 0 Å². The fraction of sp³-hybridized carbons (Fsp3) is 0.750. The summed E-state index contributed by atoms with van der Waals surface area (Å²) >= 11 is -1.50. The van der Waals surface area contributed by atoms with Crippen molar-refractivity contribution in [1.29, 1.82) is 0 Å². The van der Waals surface area contributed by atoms with E-state index in [1.54, 1.807) is 0 Å². The van der Waals surface area contributed by atoms with E-state index in [-0.39, 0.29) is 52.7 Å². The molecule has 15 heavy (non-hydrogen) atoms. The molecule has 0 radical (unpaired) electrons. The predicted octanol–water partition coefficient (Wildman–Crippen LogP) is -3.54. The maximum atomic E-state index is 10.4. The van der Waals surface area contributed by atoms with Crippen LogP contribution in [0, 0.1) is 0 Å². The average molecular weight is 276 g/mol. The van der Waals surface area contributed by atoms with E-state index in [9.17, 15) is 9.00 Å². The van der Waals surface area contributed by atoms with Gasteiger partial charge < -0.3 is 25.3 Å². The van der Waals surface area contributed by atoms with E-state index in [2.05, 4.69) is 7.81 Å². The zero-order valence-corrected chi connectivity index (χ0v) is 8.55. The van der Waals surface area contributed by atoms with E-state index in [0.717, 1.165) is 0 Å². The first-order valence-corrected chi connectivity index (χ1v) is 4.73. The molecule has 0 aliphatic rings. The van der Waals surface area contributed by atoms with Crippen LogP contribution in [0.4, 0.5) is 0 Å². The Hall–Kier alpha value is 0.770. The fourth-order valence-corrected chi connectivity index (χ4v) is 1.24. The van der Waals surface area contributed by atoms with Gasteiger partial charge >= 0.3 is 47.4 Å². The number of hydrogen-bond acceptors (Lipinski definition) is 7. The van der Waals surface area contributed by atoms with Crippen LogP contribution in [-0.4, -0.2) is 79.9 Å². The number of carbonyl (C=O) groups is 1. The molecule has 0 aliphatic carbocycles. The van der Waals surface area contributed by atoms with Gasteiger partial charge in [-0.15, -0.1) is 0 Å². The van der Waals surface area contributed by atoms with Gasteiger partial charge in [-0.05, 0) is 0 Å². The Labute approximate surface area is 115 Å². The summed E-state index contributed by atoms with van der Waals surface area (Å²) in [5.74, 6) is 0.0461. The molecule has 0 bridgehead atoms. The van der Waals surface area contributed by atoms with E-state index in [1.165, 1.54) is 0 Å². The molecule has 0 aromatic heterocycles. The molecule has 0 spiro atoms. The van der Waals surface area contributed by atoms with Crippen LogP contribution in [0.1, 0.15) is 0 Å². The minimum atomic E-state index is -2.14. The summed E-state index contributed by atoms with van der Waals surface area (Å²) in [4.78, 5) is 9.57. The minimum absolute atomic E-state index is 0. The average Bonchev–Trinajstić information content (AvgIpc) is 2.04.